The summed E-state index contributed by atoms with van der Waals surface area (Å²) in [7, 11) is 0. The summed E-state index contributed by atoms with van der Waals surface area (Å²) in [5.74, 6) is -1.43. The van der Waals surface area contributed by atoms with Gasteiger partial charge < -0.3 is 5.32 Å². The molecule has 0 saturated heterocycles. The van der Waals surface area contributed by atoms with Crippen LogP contribution in [-0.2, 0) is 6.42 Å². The first-order valence-corrected chi connectivity index (χ1v) is 8.68. The summed E-state index contributed by atoms with van der Waals surface area (Å²) in [5, 5.41) is 14.4. The van der Waals surface area contributed by atoms with Crippen LogP contribution in [0.5, 0.6) is 0 Å². The first-order chi connectivity index (χ1) is 12.6. The molecule has 1 aromatic heterocycles. The number of hydrogen-bond acceptors (Lipinski definition) is 5. The van der Waals surface area contributed by atoms with Crippen molar-refractivity contribution >= 4 is 34.0 Å². The van der Waals surface area contributed by atoms with E-state index in [2.05, 4.69) is 20.8 Å². The first kappa shape index (κ1) is 17.7. The molecule has 0 aliphatic heterocycles. The van der Waals surface area contributed by atoms with Gasteiger partial charge in [-0.2, -0.15) is 0 Å². The molecule has 6 nitrogen and oxygen atoms in total. The van der Waals surface area contributed by atoms with Crippen molar-refractivity contribution in [1.82, 2.24) is 10.2 Å². The maximum absolute atomic E-state index is 13.3. The first-order valence-electron chi connectivity index (χ1n) is 7.86. The number of aromatic nitrogens is 2. The number of nitrogens with one attached hydrogen (secondary N) is 2. The minimum atomic E-state index is -0.508. The molecule has 0 unspecified atom stereocenters. The van der Waals surface area contributed by atoms with E-state index in [0.717, 1.165) is 17.5 Å². The van der Waals surface area contributed by atoms with Crippen molar-refractivity contribution in [3.8, 4) is 0 Å². The minimum absolute atomic E-state index is 0.164. The zero-order valence-electron chi connectivity index (χ0n) is 13.8. The molecule has 26 heavy (non-hydrogen) atoms. The van der Waals surface area contributed by atoms with E-state index >= 15 is 0 Å². The van der Waals surface area contributed by atoms with Crippen molar-refractivity contribution < 1.29 is 14.0 Å². The maximum atomic E-state index is 13.3. The lowest BCUT2D eigenvalue weighted by molar-refractivity contribution is 0.102. The van der Waals surface area contributed by atoms with Crippen molar-refractivity contribution in [3.05, 3.63) is 70.5 Å². The summed E-state index contributed by atoms with van der Waals surface area (Å²) >= 11 is 1.29. The zero-order chi connectivity index (χ0) is 18.5. The molecule has 2 aromatic carbocycles. The number of nitrogens with zero attached hydrogens (tertiary/aromatic N) is 2. The topological polar surface area (TPSA) is 84.0 Å². The number of para-hydroxylation sites is 1. The van der Waals surface area contributed by atoms with Gasteiger partial charge in [0.15, 0.2) is 0 Å². The van der Waals surface area contributed by atoms with Crippen LogP contribution in [0.3, 0.4) is 0 Å². The molecule has 2 N–H and O–H groups in total. The monoisotopic (exact) mass is 370 g/mol. The van der Waals surface area contributed by atoms with Gasteiger partial charge in [-0.3, -0.25) is 14.9 Å². The lowest BCUT2D eigenvalue weighted by Crippen LogP contribution is -2.18. The number of amides is 2. The predicted octanol–water partition coefficient (Wildman–Crippen LogP) is 3.74. The van der Waals surface area contributed by atoms with Crippen LogP contribution in [0, 0.1) is 5.82 Å². The Balaban J connectivity index is 1.79. The van der Waals surface area contributed by atoms with E-state index in [1.807, 2.05) is 6.92 Å². The highest BCUT2D eigenvalue weighted by Crippen LogP contribution is 2.20. The smallest absolute Gasteiger partial charge is 0.259 e. The highest BCUT2D eigenvalue weighted by atomic mass is 32.1. The highest BCUT2D eigenvalue weighted by molar-refractivity contribution is 7.15. The molecule has 3 aromatic rings. The largest absolute Gasteiger partial charge is 0.321 e. The van der Waals surface area contributed by atoms with Gasteiger partial charge >= 0.3 is 0 Å². The molecule has 0 bridgehead atoms. The Labute approximate surface area is 153 Å². The molecule has 0 atom stereocenters. The number of benzene rings is 2. The van der Waals surface area contributed by atoms with Crippen LogP contribution in [0.4, 0.5) is 15.2 Å². The number of anilines is 2. The van der Waals surface area contributed by atoms with E-state index in [9.17, 15) is 14.0 Å². The average molecular weight is 370 g/mol. The number of rotatable bonds is 5. The van der Waals surface area contributed by atoms with Crippen molar-refractivity contribution in [1.29, 1.82) is 0 Å². The molecule has 3 rings (SSSR count). The Morgan fingerprint density at radius 2 is 1.85 bits per heavy atom. The molecule has 0 saturated carbocycles. The fraction of sp³-hybridized carbons (Fsp3) is 0.111. The van der Waals surface area contributed by atoms with Gasteiger partial charge in [0.2, 0.25) is 5.13 Å². The predicted molar refractivity (Wildman–Crippen MR) is 98.0 cm³/mol. The molecule has 0 radical (unpaired) electrons. The van der Waals surface area contributed by atoms with Crippen molar-refractivity contribution in [2.75, 3.05) is 10.6 Å². The molecular formula is C18H15FN4O2S. The molecule has 0 fully saturated rings. The zero-order valence-corrected chi connectivity index (χ0v) is 14.6. The third-order valence-electron chi connectivity index (χ3n) is 3.50. The van der Waals surface area contributed by atoms with E-state index in [1.165, 1.54) is 29.5 Å². The van der Waals surface area contributed by atoms with Gasteiger partial charge in [-0.05, 0) is 36.8 Å². The fourth-order valence-corrected chi connectivity index (χ4v) is 2.90. The van der Waals surface area contributed by atoms with Gasteiger partial charge in [0.05, 0.1) is 11.3 Å². The van der Waals surface area contributed by atoms with E-state index in [1.54, 1.807) is 24.3 Å². The van der Waals surface area contributed by atoms with Gasteiger partial charge in [-0.25, -0.2) is 4.39 Å². The number of carbonyl (C=O) groups is 2. The van der Waals surface area contributed by atoms with Crippen LogP contribution < -0.4 is 10.6 Å². The van der Waals surface area contributed by atoms with Crippen LogP contribution in [0.25, 0.3) is 0 Å². The maximum Gasteiger partial charge on any atom is 0.259 e. The minimum Gasteiger partial charge on any atom is -0.321 e. The van der Waals surface area contributed by atoms with E-state index < -0.39 is 17.6 Å². The van der Waals surface area contributed by atoms with Crippen LogP contribution in [0.1, 0.15) is 32.6 Å². The van der Waals surface area contributed by atoms with E-state index in [0.29, 0.717) is 10.8 Å². The summed E-state index contributed by atoms with van der Waals surface area (Å²) in [6.45, 7) is 1.95. The van der Waals surface area contributed by atoms with Gasteiger partial charge in [-0.15, -0.1) is 10.2 Å². The summed E-state index contributed by atoms with van der Waals surface area (Å²) in [6, 6.07) is 11.9. The molecule has 0 aliphatic rings. The summed E-state index contributed by atoms with van der Waals surface area (Å²) in [6.07, 6.45) is 0.730. The third kappa shape index (κ3) is 4.09. The third-order valence-corrected chi connectivity index (χ3v) is 4.48. The van der Waals surface area contributed by atoms with Gasteiger partial charge in [-0.1, -0.05) is 36.5 Å². The van der Waals surface area contributed by atoms with Crippen molar-refractivity contribution in [3.63, 3.8) is 0 Å². The second kappa shape index (κ2) is 7.83. The summed E-state index contributed by atoms with van der Waals surface area (Å²) in [4.78, 5) is 24.8. The normalized spacial score (nSPS) is 10.4. The molecule has 8 heteroatoms. The fourth-order valence-electron chi connectivity index (χ4n) is 2.23. The van der Waals surface area contributed by atoms with Gasteiger partial charge in [0.25, 0.3) is 11.8 Å². The summed E-state index contributed by atoms with van der Waals surface area (Å²) < 4.78 is 13.3. The van der Waals surface area contributed by atoms with Crippen LogP contribution >= 0.6 is 11.3 Å². The van der Waals surface area contributed by atoms with Crippen LogP contribution in [0.15, 0.2) is 48.5 Å². The molecule has 0 aliphatic carbocycles. The molecule has 132 valence electrons. The number of carbonyl (C=O) groups excluding carboxylic acids is 2. The van der Waals surface area contributed by atoms with Crippen LogP contribution in [0.2, 0.25) is 0 Å². The number of hydrogen-bond donors (Lipinski definition) is 2. The van der Waals surface area contributed by atoms with E-state index in [4.69, 9.17) is 0 Å². The Morgan fingerprint density at radius 3 is 2.58 bits per heavy atom. The SMILES string of the molecule is CCc1nnc(NC(=O)c2ccccc2NC(=O)c2cccc(F)c2)s1. The Bertz CT molecular complexity index is 958. The second-order valence-corrected chi connectivity index (χ2v) is 6.38. The summed E-state index contributed by atoms with van der Waals surface area (Å²) in [5.41, 5.74) is 0.752. The average Bonchev–Trinajstić information content (AvgIpc) is 3.09. The van der Waals surface area contributed by atoms with Crippen molar-refractivity contribution in [2.24, 2.45) is 0 Å². The molecular weight excluding hydrogens is 355 g/mol. The number of halogens is 1. The Hall–Kier alpha value is -3.13. The molecule has 0 spiro atoms. The quantitative estimate of drug-likeness (QED) is 0.716. The van der Waals surface area contributed by atoms with E-state index in [-0.39, 0.29) is 11.1 Å². The Kier molecular flexibility index (Phi) is 5.33. The molecule has 2 amide bonds. The second-order valence-electron chi connectivity index (χ2n) is 5.32. The lowest BCUT2D eigenvalue weighted by atomic mass is 10.1. The van der Waals surface area contributed by atoms with Crippen LogP contribution in [-0.4, -0.2) is 22.0 Å². The van der Waals surface area contributed by atoms with Gasteiger partial charge in [0.1, 0.15) is 10.8 Å². The Morgan fingerprint density at radius 1 is 1.04 bits per heavy atom. The number of aryl methyl sites for hydroxylation is 1. The van der Waals surface area contributed by atoms with Crippen molar-refractivity contribution in [2.45, 2.75) is 13.3 Å². The lowest BCUT2D eigenvalue weighted by Gasteiger charge is -2.10. The highest BCUT2D eigenvalue weighted by Gasteiger charge is 2.16. The van der Waals surface area contributed by atoms with Gasteiger partial charge in [0, 0.05) is 5.56 Å². The molecule has 1 heterocycles. The standard InChI is InChI=1S/C18H15FN4O2S/c1-2-15-22-23-18(26-15)21-17(25)13-8-3-4-9-14(13)20-16(24)11-6-5-7-12(19)10-11/h3-10H,2H2,1H3,(H,20,24)(H,21,23,25).